The maximum absolute atomic E-state index is 5.39. The Labute approximate surface area is 91.3 Å². The summed E-state index contributed by atoms with van der Waals surface area (Å²) in [5.74, 6) is 7.37. The number of anilines is 1. The average molecular weight is 208 g/mol. The van der Waals surface area contributed by atoms with Crippen LogP contribution in [0.3, 0.4) is 0 Å². The van der Waals surface area contributed by atoms with Crippen molar-refractivity contribution >= 4 is 5.82 Å². The molecule has 3 N–H and O–H groups in total. The van der Waals surface area contributed by atoms with Crippen molar-refractivity contribution in [3.05, 3.63) is 17.6 Å². The van der Waals surface area contributed by atoms with Gasteiger partial charge in [0.05, 0.1) is 0 Å². The van der Waals surface area contributed by atoms with Crippen LogP contribution < -0.4 is 11.3 Å². The highest BCUT2D eigenvalue weighted by molar-refractivity contribution is 5.35. The maximum atomic E-state index is 5.39. The van der Waals surface area contributed by atoms with Crippen LogP contribution in [0.5, 0.6) is 0 Å². The molecule has 0 fully saturated rings. The summed E-state index contributed by atoms with van der Waals surface area (Å²) in [4.78, 5) is 8.89. The Bertz CT molecular complexity index is 311. The second-order valence-electron chi connectivity index (χ2n) is 3.81. The molecule has 84 valence electrons. The molecule has 0 aromatic carbocycles. The number of nitrogens with two attached hydrogens (primary N) is 1. The molecule has 0 saturated heterocycles. The fraction of sp³-hybridized carbons (Fsp3) is 0.636. The molecule has 1 aromatic heterocycles. The first-order chi connectivity index (χ1) is 7.21. The monoisotopic (exact) mass is 208 g/mol. The maximum Gasteiger partial charge on any atom is 0.143 e. The lowest BCUT2D eigenvalue weighted by Gasteiger charge is -2.11. The fourth-order valence-corrected chi connectivity index (χ4v) is 1.38. The van der Waals surface area contributed by atoms with Gasteiger partial charge in [0, 0.05) is 17.7 Å². The SMILES string of the molecule is CCCc1cc(NN)nc(C(C)CC)n1. The van der Waals surface area contributed by atoms with Crippen LogP contribution in [0.25, 0.3) is 0 Å². The van der Waals surface area contributed by atoms with Gasteiger partial charge in [-0.2, -0.15) is 0 Å². The Morgan fingerprint density at radius 3 is 2.67 bits per heavy atom. The van der Waals surface area contributed by atoms with Crippen LogP contribution >= 0.6 is 0 Å². The molecule has 0 bridgehead atoms. The summed E-state index contributed by atoms with van der Waals surface area (Å²) in [6.45, 7) is 6.40. The van der Waals surface area contributed by atoms with Gasteiger partial charge in [-0.3, -0.25) is 0 Å². The van der Waals surface area contributed by atoms with Gasteiger partial charge in [-0.1, -0.05) is 27.2 Å². The molecule has 1 unspecified atom stereocenters. The van der Waals surface area contributed by atoms with Crippen LogP contribution in [-0.2, 0) is 6.42 Å². The van der Waals surface area contributed by atoms with E-state index in [4.69, 9.17) is 5.84 Å². The van der Waals surface area contributed by atoms with Crippen molar-refractivity contribution in [2.75, 3.05) is 5.43 Å². The first-order valence-electron chi connectivity index (χ1n) is 5.55. The summed E-state index contributed by atoms with van der Waals surface area (Å²) in [5.41, 5.74) is 3.66. The van der Waals surface area contributed by atoms with E-state index in [1.807, 2.05) is 6.07 Å². The van der Waals surface area contributed by atoms with Gasteiger partial charge in [0.1, 0.15) is 11.6 Å². The lowest BCUT2D eigenvalue weighted by molar-refractivity contribution is 0.669. The molecule has 0 spiro atoms. The third kappa shape index (κ3) is 3.16. The fourth-order valence-electron chi connectivity index (χ4n) is 1.38. The molecule has 0 saturated carbocycles. The molecule has 15 heavy (non-hydrogen) atoms. The molecular formula is C11H20N4. The van der Waals surface area contributed by atoms with Gasteiger partial charge in [-0.05, 0) is 12.8 Å². The van der Waals surface area contributed by atoms with E-state index in [-0.39, 0.29) is 0 Å². The summed E-state index contributed by atoms with van der Waals surface area (Å²) in [6.07, 6.45) is 3.10. The summed E-state index contributed by atoms with van der Waals surface area (Å²) < 4.78 is 0. The first-order valence-corrected chi connectivity index (χ1v) is 5.55. The van der Waals surface area contributed by atoms with E-state index >= 15 is 0 Å². The summed E-state index contributed by atoms with van der Waals surface area (Å²) >= 11 is 0. The van der Waals surface area contributed by atoms with E-state index in [2.05, 4.69) is 36.2 Å². The summed E-state index contributed by atoms with van der Waals surface area (Å²) in [7, 11) is 0. The Morgan fingerprint density at radius 1 is 1.40 bits per heavy atom. The number of nitrogens with one attached hydrogen (secondary N) is 1. The highest BCUT2D eigenvalue weighted by atomic mass is 15.3. The molecule has 1 rings (SSSR count). The Hall–Kier alpha value is -1.16. The number of hydrogen-bond acceptors (Lipinski definition) is 4. The van der Waals surface area contributed by atoms with Crippen molar-refractivity contribution < 1.29 is 0 Å². The van der Waals surface area contributed by atoms with Crippen molar-refractivity contribution in [2.45, 2.75) is 46.0 Å². The predicted octanol–water partition coefficient (Wildman–Crippen LogP) is 2.23. The minimum atomic E-state index is 0.383. The zero-order chi connectivity index (χ0) is 11.3. The first kappa shape index (κ1) is 11.9. The van der Waals surface area contributed by atoms with E-state index in [1.54, 1.807) is 0 Å². The van der Waals surface area contributed by atoms with E-state index in [0.29, 0.717) is 11.7 Å². The predicted molar refractivity (Wildman–Crippen MR) is 62.5 cm³/mol. The molecule has 0 aliphatic carbocycles. The normalized spacial score (nSPS) is 12.5. The molecule has 4 heteroatoms. The Kier molecular flexibility index (Phi) is 4.49. The molecular weight excluding hydrogens is 188 g/mol. The van der Waals surface area contributed by atoms with Crippen LogP contribution in [-0.4, -0.2) is 9.97 Å². The van der Waals surface area contributed by atoms with Crippen molar-refractivity contribution in [3.8, 4) is 0 Å². The highest BCUT2D eigenvalue weighted by Crippen LogP contribution is 2.17. The van der Waals surface area contributed by atoms with Gasteiger partial charge in [0.2, 0.25) is 0 Å². The van der Waals surface area contributed by atoms with Gasteiger partial charge < -0.3 is 5.43 Å². The highest BCUT2D eigenvalue weighted by Gasteiger charge is 2.09. The molecule has 1 atom stereocenters. The third-order valence-electron chi connectivity index (χ3n) is 2.50. The van der Waals surface area contributed by atoms with E-state index in [9.17, 15) is 0 Å². The third-order valence-corrected chi connectivity index (χ3v) is 2.50. The minimum Gasteiger partial charge on any atom is -0.308 e. The van der Waals surface area contributed by atoms with Crippen LogP contribution in [0.4, 0.5) is 5.82 Å². The van der Waals surface area contributed by atoms with E-state index in [1.165, 1.54) is 0 Å². The van der Waals surface area contributed by atoms with Crippen LogP contribution in [0.1, 0.15) is 51.0 Å². The zero-order valence-electron chi connectivity index (χ0n) is 9.75. The number of nitrogens with zero attached hydrogens (tertiary/aromatic N) is 2. The number of nitrogen functional groups attached to an aromatic ring is 1. The molecule has 4 nitrogen and oxygen atoms in total. The van der Waals surface area contributed by atoms with Crippen LogP contribution in [0.2, 0.25) is 0 Å². The Balaban J connectivity index is 2.99. The second-order valence-corrected chi connectivity index (χ2v) is 3.81. The number of aryl methyl sites for hydroxylation is 1. The molecule has 0 amide bonds. The lowest BCUT2D eigenvalue weighted by Crippen LogP contribution is -2.12. The van der Waals surface area contributed by atoms with Gasteiger partial charge in [0.15, 0.2) is 0 Å². The topological polar surface area (TPSA) is 63.8 Å². The quantitative estimate of drug-likeness (QED) is 0.575. The minimum absolute atomic E-state index is 0.383. The van der Waals surface area contributed by atoms with Crippen molar-refractivity contribution in [2.24, 2.45) is 5.84 Å². The van der Waals surface area contributed by atoms with Gasteiger partial charge in [0.25, 0.3) is 0 Å². The molecule has 0 aliphatic rings. The summed E-state index contributed by atoms with van der Waals surface area (Å²) in [5, 5.41) is 0. The van der Waals surface area contributed by atoms with Gasteiger partial charge in [-0.25, -0.2) is 15.8 Å². The van der Waals surface area contributed by atoms with Crippen molar-refractivity contribution in [1.82, 2.24) is 9.97 Å². The Morgan fingerprint density at radius 2 is 2.13 bits per heavy atom. The van der Waals surface area contributed by atoms with Crippen molar-refractivity contribution in [3.63, 3.8) is 0 Å². The smallest absolute Gasteiger partial charge is 0.143 e. The number of aromatic nitrogens is 2. The van der Waals surface area contributed by atoms with E-state index in [0.717, 1.165) is 30.8 Å². The molecule has 1 aromatic rings. The lowest BCUT2D eigenvalue weighted by atomic mass is 10.1. The van der Waals surface area contributed by atoms with Crippen molar-refractivity contribution in [1.29, 1.82) is 0 Å². The van der Waals surface area contributed by atoms with Crippen LogP contribution in [0.15, 0.2) is 6.07 Å². The molecule has 0 radical (unpaired) electrons. The number of hydrogen-bond donors (Lipinski definition) is 2. The standard InChI is InChI=1S/C11H20N4/c1-4-6-9-7-10(15-12)14-11(13-9)8(3)5-2/h7-8H,4-6,12H2,1-3H3,(H,13,14,15). The largest absolute Gasteiger partial charge is 0.308 e. The number of rotatable bonds is 5. The number of hydrazine groups is 1. The molecule has 0 aliphatic heterocycles. The molecule has 1 heterocycles. The average Bonchev–Trinajstić information content (AvgIpc) is 2.28. The zero-order valence-corrected chi connectivity index (χ0v) is 9.75. The van der Waals surface area contributed by atoms with Gasteiger partial charge >= 0.3 is 0 Å². The second kappa shape index (κ2) is 5.66. The van der Waals surface area contributed by atoms with E-state index < -0.39 is 0 Å². The van der Waals surface area contributed by atoms with Gasteiger partial charge in [-0.15, -0.1) is 0 Å². The summed E-state index contributed by atoms with van der Waals surface area (Å²) in [6, 6.07) is 1.91. The van der Waals surface area contributed by atoms with Crippen LogP contribution in [0, 0.1) is 0 Å².